The van der Waals surface area contributed by atoms with Gasteiger partial charge in [0, 0.05) is 12.6 Å². The van der Waals surface area contributed by atoms with Gasteiger partial charge in [-0.1, -0.05) is 0 Å². The molecule has 2 unspecified atom stereocenters. The van der Waals surface area contributed by atoms with E-state index in [-0.39, 0.29) is 10.5 Å². The Morgan fingerprint density at radius 3 is 2.71 bits per heavy atom. The van der Waals surface area contributed by atoms with Crippen molar-refractivity contribution in [3.05, 3.63) is 33.8 Å². The fourth-order valence-corrected chi connectivity index (χ4v) is 2.89. The third-order valence-corrected chi connectivity index (χ3v) is 3.94. The highest BCUT2D eigenvalue weighted by molar-refractivity contribution is 9.10. The molecular weight excluding hydrogens is 290 g/mol. The molecule has 1 fully saturated rings. The predicted molar refractivity (Wildman–Crippen MR) is 66.6 cm³/mol. The average molecular weight is 305 g/mol. The van der Waals surface area contributed by atoms with Gasteiger partial charge in [-0.15, -0.1) is 0 Å². The van der Waals surface area contributed by atoms with Gasteiger partial charge in [0.25, 0.3) is 0 Å². The molecule has 0 amide bonds. The van der Waals surface area contributed by atoms with Gasteiger partial charge in [-0.2, -0.15) is 0 Å². The van der Waals surface area contributed by atoms with Crippen molar-refractivity contribution in [2.75, 3.05) is 20.1 Å². The normalized spacial score (nSPS) is 25.5. The van der Waals surface area contributed by atoms with E-state index in [1.807, 2.05) is 7.05 Å². The molecule has 1 aromatic carbocycles. The summed E-state index contributed by atoms with van der Waals surface area (Å²) in [4.78, 5) is 2.14. The standard InChI is InChI=1S/C12H15BrF2N2/c1-17-6-7(5-16)2-11(17)8-3-9(13)12(15)10(14)4-8/h3-4,7,11H,2,5-6,16H2,1H3. The van der Waals surface area contributed by atoms with Crippen molar-refractivity contribution < 1.29 is 8.78 Å². The SMILES string of the molecule is CN1CC(CN)CC1c1cc(F)c(F)c(Br)c1. The van der Waals surface area contributed by atoms with Crippen LogP contribution in [0.3, 0.4) is 0 Å². The Labute approximate surface area is 108 Å². The van der Waals surface area contributed by atoms with Crippen LogP contribution in [0.25, 0.3) is 0 Å². The Kier molecular flexibility index (Phi) is 3.80. The molecule has 0 saturated carbocycles. The summed E-state index contributed by atoms with van der Waals surface area (Å²) in [7, 11) is 1.98. The minimum atomic E-state index is -0.829. The Bertz CT molecular complexity index is 402. The molecule has 2 nitrogen and oxygen atoms in total. The molecule has 2 N–H and O–H groups in total. The topological polar surface area (TPSA) is 29.3 Å². The smallest absolute Gasteiger partial charge is 0.172 e. The van der Waals surface area contributed by atoms with Crippen molar-refractivity contribution in [3.63, 3.8) is 0 Å². The quantitative estimate of drug-likeness (QED) is 0.851. The summed E-state index contributed by atoms with van der Waals surface area (Å²) >= 11 is 3.04. The fourth-order valence-electron chi connectivity index (χ4n) is 2.43. The van der Waals surface area contributed by atoms with Gasteiger partial charge >= 0.3 is 0 Å². The molecule has 17 heavy (non-hydrogen) atoms. The molecule has 1 saturated heterocycles. The summed E-state index contributed by atoms with van der Waals surface area (Å²) in [6.07, 6.45) is 0.893. The van der Waals surface area contributed by atoms with Gasteiger partial charge in [0.2, 0.25) is 0 Å². The van der Waals surface area contributed by atoms with E-state index < -0.39 is 11.6 Å². The third kappa shape index (κ3) is 2.51. The van der Waals surface area contributed by atoms with Crippen LogP contribution < -0.4 is 5.73 Å². The largest absolute Gasteiger partial charge is 0.330 e. The molecule has 1 aliphatic heterocycles. The summed E-state index contributed by atoms with van der Waals surface area (Å²) < 4.78 is 26.7. The lowest BCUT2D eigenvalue weighted by atomic mass is 10.00. The summed E-state index contributed by atoms with van der Waals surface area (Å²) in [6, 6.07) is 3.05. The fraction of sp³-hybridized carbons (Fsp3) is 0.500. The van der Waals surface area contributed by atoms with Gasteiger partial charge in [-0.25, -0.2) is 8.78 Å². The molecule has 1 aromatic rings. The van der Waals surface area contributed by atoms with Crippen molar-refractivity contribution >= 4 is 15.9 Å². The van der Waals surface area contributed by atoms with Crippen molar-refractivity contribution in [1.29, 1.82) is 0 Å². The predicted octanol–water partition coefficient (Wildman–Crippen LogP) is 2.68. The molecule has 0 aromatic heterocycles. The van der Waals surface area contributed by atoms with Crippen molar-refractivity contribution in [3.8, 4) is 0 Å². The lowest BCUT2D eigenvalue weighted by Crippen LogP contribution is -2.20. The van der Waals surface area contributed by atoms with E-state index in [1.54, 1.807) is 6.07 Å². The second kappa shape index (κ2) is 5.00. The summed E-state index contributed by atoms with van der Waals surface area (Å²) in [5.74, 6) is -1.21. The molecule has 5 heteroatoms. The molecule has 0 bridgehead atoms. The Morgan fingerprint density at radius 2 is 2.18 bits per heavy atom. The molecule has 0 radical (unpaired) electrons. The number of hydrogen-bond donors (Lipinski definition) is 1. The monoisotopic (exact) mass is 304 g/mol. The highest BCUT2D eigenvalue weighted by Crippen LogP contribution is 2.35. The van der Waals surface area contributed by atoms with E-state index in [0.717, 1.165) is 18.5 Å². The van der Waals surface area contributed by atoms with E-state index in [2.05, 4.69) is 20.8 Å². The van der Waals surface area contributed by atoms with E-state index >= 15 is 0 Å². The molecule has 94 valence electrons. The molecule has 1 heterocycles. The zero-order valence-electron chi connectivity index (χ0n) is 9.59. The minimum absolute atomic E-state index is 0.120. The molecular formula is C12H15BrF2N2. The second-order valence-electron chi connectivity index (χ2n) is 4.59. The lowest BCUT2D eigenvalue weighted by molar-refractivity contribution is 0.312. The van der Waals surface area contributed by atoms with Crippen LogP contribution in [-0.4, -0.2) is 25.0 Å². The van der Waals surface area contributed by atoms with E-state index in [0.29, 0.717) is 12.5 Å². The number of likely N-dealkylation sites (tertiary alicyclic amines) is 1. The minimum Gasteiger partial charge on any atom is -0.330 e. The van der Waals surface area contributed by atoms with Gasteiger partial charge in [-0.3, -0.25) is 4.90 Å². The Morgan fingerprint density at radius 1 is 1.47 bits per heavy atom. The third-order valence-electron chi connectivity index (χ3n) is 3.36. The number of halogens is 3. The number of nitrogens with zero attached hydrogens (tertiary/aromatic N) is 1. The number of hydrogen-bond acceptors (Lipinski definition) is 2. The van der Waals surface area contributed by atoms with Crippen LogP contribution in [0, 0.1) is 17.6 Å². The second-order valence-corrected chi connectivity index (χ2v) is 5.45. The molecule has 2 atom stereocenters. The first-order valence-corrected chi connectivity index (χ1v) is 6.37. The zero-order valence-corrected chi connectivity index (χ0v) is 11.2. The number of nitrogens with two attached hydrogens (primary N) is 1. The molecule has 1 aliphatic rings. The van der Waals surface area contributed by atoms with Crippen LogP contribution in [-0.2, 0) is 0 Å². The number of benzene rings is 1. The van der Waals surface area contributed by atoms with Crippen LogP contribution >= 0.6 is 15.9 Å². The maximum absolute atomic E-state index is 13.4. The van der Waals surface area contributed by atoms with Gasteiger partial charge in [0.05, 0.1) is 4.47 Å². The molecule has 0 aliphatic carbocycles. The number of rotatable bonds is 2. The highest BCUT2D eigenvalue weighted by Gasteiger charge is 2.30. The zero-order chi connectivity index (χ0) is 12.6. The first-order chi connectivity index (χ1) is 8.02. The van der Waals surface area contributed by atoms with Crippen LogP contribution in [0.5, 0.6) is 0 Å². The van der Waals surface area contributed by atoms with Gasteiger partial charge < -0.3 is 5.73 Å². The van der Waals surface area contributed by atoms with Gasteiger partial charge in [0.15, 0.2) is 11.6 Å². The maximum Gasteiger partial charge on any atom is 0.172 e. The Balaban J connectivity index is 2.29. The van der Waals surface area contributed by atoms with Crippen molar-refractivity contribution in [1.82, 2.24) is 4.90 Å². The van der Waals surface area contributed by atoms with Crippen molar-refractivity contribution in [2.24, 2.45) is 11.7 Å². The van der Waals surface area contributed by atoms with Gasteiger partial charge in [-0.05, 0) is 59.6 Å². The summed E-state index contributed by atoms with van der Waals surface area (Å²) in [5.41, 5.74) is 6.45. The van der Waals surface area contributed by atoms with Crippen LogP contribution in [0.15, 0.2) is 16.6 Å². The van der Waals surface area contributed by atoms with Crippen LogP contribution in [0.2, 0.25) is 0 Å². The maximum atomic E-state index is 13.4. The molecule has 2 rings (SSSR count). The van der Waals surface area contributed by atoms with Crippen LogP contribution in [0.1, 0.15) is 18.0 Å². The first kappa shape index (κ1) is 12.9. The first-order valence-electron chi connectivity index (χ1n) is 5.57. The van der Waals surface area contributed by atoms with E-state index in [4.69, 9.17) is 5.73 Å². The highest BCUT2D eigenvalue weighted by atomic mass is 79.9. The average Bonchev–Trinajstić information content (AvgIpc) is 2.67. The molecule has 0 spiro atoms. The van der Waals surface area contributed by atoms with Crippen molar-refractivity contribution in [2.45, 2.75) is 12.5 Å². The lowest BCUT2D eigenvalue weighted by Gasteiger charge is -2.20. The Hall–Kier alpha value is -0.520. The summed E-state index contributed by atoms with van der Waals surface area (Å²) in [6.45, 7) is 1.53. The van der Waals surface area contributed by atoms with E-state index in [9.17, 15) is 8.78 Å². The van der Waals surface area contributed by atoms with Crippen LogP contribution in [0.4, 0.5) is 8.78 Å². The van der Waals surface area contributed by atoms with Gasteiger partial charge in [0.1, 0.15) is 0 Å². The summed E-state index contributed by atoms with van der Waals surface area (Å²) in [5, 5.41) is 0. The van der Waals surface area contributed by atoms with E-state index in [1.165, 1.54) is 6.07 Å².